The van der Waals surface area contributed by atoms with Crippen LogP contribution in [0.3, 0.4) is 0 Å². The molecule has 0 spiro atoms. The highest BCUT2D eigenvalue weighted by Crippen LogP contribution is 2.29. The second-order valence-electron chi connectivity index (χ2n) is 4.38. The van der Waals surface area contributed by atoms with Gasteiger partial charge in [-0.3, -0.25) is 0 Å². The molecule has 2 aromatic heterocycles. The number of fused-ring (bicyclic) bond motifs is 1. The summed E-state index contributed by atoms with van der Waals surface area (Å²) >= 11 is 1.76. The van der Waals surface area contributed by atoms with E-state index in [1.54, 1.807) is 11.3 Å². The van der Waals surface area contributed by atoms with E-state index in [9.17, 15) is 0 Å². The standard InChI is InChI=1S/C14H21N3OS/c1-4-11-9-12-13(15-7-6-8-18-5-2)16-10(3)17-14(12)19-11/h9H,4-8H2,1-3H3,(H,15,16,17). The first-order valence-electron chi connectivity index (χ1n) is 6.83. The van der Waals surface area contributed by atoms with E-state index in [0.717, 1.165) is 54.5 Å². The van der Waals surface area contributed by atoms with Crippen molar-refractivity contribution in [1.82, 2.24) is 9.97 Å². The van der Waals surface area contributed by atoms with Crippen molar-refractivity contribution in [2.75, 3.05) is 25.1 Å². The molecule has 104 valence electrons. The number of nitrogens with zero attached hydrogens (tertiary/aromatic N) is 2. The fraction of sp³-hybridized carbons (Fsp3) is 0.571. The molecule has 0 aliphatic rings. The van der Waals surface area contributed by atoms with Gasteiger partial charge in [-0.2, -0.15) is 0 Å². The molecular weight excluding hydrogens is 258 g/mol. The van der Waals surface area contributed by atoms with Gasteiger partial charge in [-0.1, -0.05) is 6.92 Å². The Balaban J connectivity index is 2.10. The summed E-state index contributed by atoms with van der Waals surface area (Å²) in [5.74, 6) is 1.78. The second-order valence-corrected chi connectivity index (χ2v) is 5.50. The molecule has 2 rings (SSSR count). The Morgan fingerprint density at radius 2 is 2.16 bits per heavy atom. The summed E-state index contributed by atoms with van der Waals surface area (Å²) in [6, 6.07) is 2.20. The molecule has 0 bridgehead atoms. The number of hydrogen-bond donors (Lipinski definition) is 1. The second kappa shape index (κ2) is 6.82. The molecule has 0 atom stereocenters. The lowest BCUT2D eigenvalue weighted by molar-refractivity contribution is 0.147. The predicted molar refractivity (Wildman–Crippen MR) is 81.1 cm³/mol. The monoisotopic (exact) mass is 279 g/mol. The van der Waals surface area contributed by atoms with Crippen molar-refractivity contribution in [2.24, 2.45) is 0 Å². The molecule has 0 saturated carbocycles. The number of rotatable bonds is 7. The molecule has 0 aromatic carbocycles. The molecule has 1 N–H and O–H groups in total. The molecule has 4 nitrogen and oxygen atoms in total. The zero-order chi connectivity index (χ0) is 13.7. The average Bonchev–Trinajstić information content (AvgIpc) is 2.81. The van der Waals surface area contributed by atoms with Gasteiger partial charge in [-0.15, -0.1) is 11.3 Å². The average molecular weight is 279 g/mol. The number of nitrogens with one attached hydrogen (secondary N) is 1. The van der Waals surface area contributed by atoms with Gasteiger partial charge >= 0.3 is 0 Å². The van der Waals surface area contributed by atoms with E-state index in [2.05, 4.69) is 28.3 Å². The minimum atomic E-state index is 0.779. The van der Waals surface area contributed by atoms with Crippen LogP contribution in [-0.2, 0) is 11.2 Å². The molecule has 19 heavy (non-hydrogen) atoms. The van der Waals surface area contributed by atoms with Gasteiger partial charge in [0.15, 0.2) is 0 Å². The summed E-state index contributed by atoms with van der Waals surface area (Å²) in [7, 11) is 0. The smallest absolute Gasteiger partial charge is 0.138 e. The molecule has 0 amide bonds. The van der Waals surface area contributed by atoms with E-state index in [0.29, 0.717) is 0 Å². The van der Waals surface area contributed by atoms with Crippen molar-refractivity contribution in [3.8, 4) is 0 Å². The van der Waals surface area contributed by atoms with Gasteiger partial charge in [0.1, 0.15) is 16.5 Å². The maximum absolute atomic E-state index is 5.33. The summed E-state index contributed by atoms with van der Waals surface area (Å²) in [6.07, 6.45) is 2.03. The van der Waals surface area contributed by atoms with Crippen molar-refractivity contribution in [2.45, 2.75) is 33.6 Å². The third kappa shape index (κ3) is 3.64. The summed E-state index contributed by atoms with van der Waals surface area (Å²) in [5, 5.41) is 4.54. The van der Waals surface area contributed by atoms with Crippen LogP contribution < -0.4 is 5.32 Å². The van der Waals surface area contributed by atoms with E-state index in [4.69, 9.17) is 4.74 Å². The molecule has 0 saturated heterocycles. The van der Waals surface area contributed by atoms with E-state index >= 15 is 0 Å². The van der Waals surface area contributed by atoms with E-state index in [1.807, 2.05) is 13.8 Å². The van der Waals surface area contributed by atoms with Crippen molar-refractivity contribution in [3.63, 3.8) is 0 Å². The van der Waals surface area contributed by atoms with Crippen LogP contribution in [0.25, 0.3) is 10.2 Å². The molecule has 2 aromatic rings. The zero-order valence-corrected chi connectivity index (χ0v) is 12.6. The van der Waals surface area contributed by atoms with Gasteiger partial charge in [0.25, 0.3) is 0 Å². The highest BCUT2D eigenvalue weighted by molar-refractivity contribution is 7.18. The van der Waals surface area contributed by atoms with Gasteiger partial charge < -0.3 is 10.1 Å². The molecule has 0 aliphatic heterocycles. The number of ether oxygens (including phenoxy) is 1. The highest BCUT2D eigenvalue weighted by Gasteiger charge is 2.09. The van der Waals surface area contributed by atoms with Crippen LogP contribution in [0.2, 0.25) is 0 Å². The molecule has 0 unspecified atom stereocenters. The first-order chi connectivity index (χ1) is 9.24. The fourth-order valence-electron chi connectivity index (χ4n) is 1.91. The highest BCUT2D eigenvalue weighted by atomic mass is 32.1. The topological polar surface area (TPSA) is 47.0 Å². The van der Waals surface area contributed by atoms with Gasteiger partial charge in [0.2, 0.25) is 0 Å². The lowest BCUT2D eigenvalue weighted by Gasteiger charge is -2.07. The Labute approximate surface area is 118 Å². The third-order valence-electron chi connectivity index (χ3n) is 2.87. The Hall–Kier alpha value is -1.20. The summed E-state index contributed by atoms with van der Waals surface area (Å²) < 4.78 is 5.33. The van der Waals surface area contributed by atoms with Crippen molar-refractivity contribution < 1.29 is 4.74 Å². The van der Waals surface area contributed by atoms with Gasteiger partial charge in [-0.05, 0) is 32.8 Å². The number of hydrogen-bond acceptors (Lipinski definition) is 5. The molecule has 0 fully saturated rings. The Kier molecular flexibility index (Phi) is 5.10. The van der Waals surface area contributed by atoms with Crippen LogP contribution in [0.5, 0.6) is 0 Å². The van der Waals surface area contributed by atoms with Crippen LogP contribution >= 0.6 is 11.3 Å². The van der Waals surface area contributed by atoms with Crippen LogP contribution in [0.1, 0.15) is 31.0 Å². The molecule has 0 aliphatic carbocycles. The Morgan fingerprint density at radius 3 is 2.89 bits per heavy atom. The van der Waals surface area contributed by atoms with Gasteiger partial charge in [0.05, 0.1) is 5.39 Å². The van der Waals surface area contributed by atoms with Crippen LogP contribution in [0.4, 0.5) is 5.82 Å². The summed E-state index contributed by atoms with van der Waals surface area (Å²) in [4.78, 5) is 11.4. The number of aryl methyl sites for hydroxylation is 2. The largest absolute Gasteiger partial charge is 0.382 e. The Morgan fingerprint density at radius 1 is 1.32 bits per heavy atom. The van der Waals surface area contributed by atoms with Crippen LogP contribution in [0, 0.1) is 6.92 Å². The van der Waals surface area contributed by atoms with Crippen molar-refractivity contribution in [1.29, 1.82) is 0 Å². The first-order valence-corrected chi connectivity index (χ1v) is 7.65. The van der Waals surface area contributed by atoms with Crippen LogP contribution in [0.15, 0.2) is 6.07 Å². The maximum atomic E-state index is 5.33. The van der Waals surface area contributed by atoms with Crippen molar-refractivity contribution in [3.05, 3.63) is 16.8 Å². The molecular formula is C14H21N3OS. The van der Waals surface area contributed by atoms with E-state index < -0.39 is 0 Å². The minimum Gasteiger partial charge on any atom is -0.382 e. The van der Waals surface area contributed by atoms with Gasteiger partial charge in [0, 0.05) is 24.6 Å². The summed E-state index contributed by atoms with van der Waals surface area (Å²) in [5.41, 5.74) is 0. The first kappa shape index (κ1) is 14.2. The summed E-state index contributed by atoms with van der Waals surface area (Å²) in [6.45, 7) is 8.57. The van der Waals surface area contributed by atoms with Gasteiger partial charge in [-0.25, -0.2) is 9.97 Å². The lowest BCUT2D eigenvalue weighted by Crippen LogP contribution is -2.08. The number of thiophene rings is 1. The quantitative estimate of drug-likeness (QED) is 0.789. The predicted octanol–water partition coefficient (Wildman–Crippen LogP) is 3.40. The lowest BCUT2D eigenvalue weighted by atomic mass is 10.3. The number of aromatic nitrogens is 2. The molecule has 0 radical (unpaired) electrons. The number of anilines is 1. The zero-order valence-electron chi connectivity index (χ0n) is 11.8. The van der Waals surface area contributed by atoms with Crippen molar-refractivity contribution >= 4 is 27.4 Å². The normalized spacial score (nSPS) is 11.1. The fourth-order valence-corrected chi connectivity index (χ4v) is 2.93. The minimum absolute atomic E-state index is 0.779. The SMILES string of the molecule is CCOCCCNc1nc(C)nc2sc(CC)cc12. The maximum Gasteiger partial charge on any atom is 0.138 e. The Bertz CT molecular complexity index is 539. The van der Waals surface area contributed by atoms with Crippen LogP contribution in [-0.4, -0.2) is 29.7 Å². The van der Waals surface area contributed by atoms with E-state index in [-0.39, 0.29) is 0 Å². The van der Waals surface area contributed by atoms with E-state index in [1.165, 1.54) is 4.88 Å². The molecule has 5 heteroatoms. The molecule has 2 heterocycles. The third-order valence-corrected chi connectivity index (χ3v) is 4.04.